The Balaban J connectivity index is 1.81. The molecule has 8 nitrogen and oxygen atoms in total. The topological polar surface area (TPSA) is 103 Å². The van der Waals surface area contributed by atoms with Gasteiger partial charge in [0.2, 0.25) is 23.2 Å². The molecule has 3 aromatic rings. The number of rotatable bonds is 8. The number of anilines is 1. The normalized spacial score (nSPS) is 10.6. The Labute approximate surface area is 162 Å². The van der Waals surface area contributed by atoms with Crippen LogP contribution >= 0.6 is 0 Å². The zero-order valence-corrected chi connectivity index (χ0v) is 15.7. The molecule has 28 heavy (non-hydrogen) atoms. The van der Waals surface area contributed by atoms with Crippen molar-refractivity contribution in [2.24, 2.45) is 0 Å². The largest absolute Gasteiger partial charge is 0.493 e. The van der Waals surface area contributed by atoms with E-state index in [0.717, 1.165) is 11.3 Å². The molecule has 1 aromatic carbocycles. The van der Waals surface area contributed by atoms with Gasteiger partial charge in [-0.1, -0.05) is 0 Å². The number of furan rings is 1. The van der Waals surface area contributed by atoms with Crippen molar-refractivity contribution in [3.8, 4) is 23.3 Å². The monoisotopic (exact) mass is 381 g/mol. The van der Waals surface area contributed by atoms with E-state index in [9.17, 15) is 5.26 Å². The van der Waals surface area contributed by atoms with Gasteiger partial charge in [-0.25, -0.2) is 0 Å². The van der Waals surface area contributed by atoms with E-state index in [4.69, 9.17) is 23.0 Å². The number of ether oxygens (including phenoxy) is 3. The van der Waals surface area contributed by atoms with Crippen molar-refractivity contribution in [2.75, 3.05) is 26.6 Å². The highest BCUT2D eigenvalue weighted by Gasteiger charge is 2.14. The van der Waals surface area contributed by atoms with Crippen LogP contribution in [0.1, 0.15) is 22.9 Å². The second kappa shape index (κ2) is 8.68. The molecule has 1 N–H and O–H groups in total. The Morgan fingerprint density at radius 1 is 1.14 bits per heavy atom. The van der Waals surface area contributed by atoms with Crippen molar-refractivity contribution >= 4 is 18.0 Å². The molecule has 0 radical (unpaired) electrons. The number of benzene rings is 1. The van der Waals surface area contributed by atoms with Gasteiger partial charge < -0.3 is 28.4 Å². The molecule has 144 valence electrons. The number of hydrogen-bond donors (Lipinski definition) is 1. The molecular formula is C20H19N3O5. The van der Waals surface area contributed by atoms with Gasteiger partial charge in [0, 0.05) is 6.08 Å². The minimum absolute atomic E-state index is 0.163. The predicted molar refractivity (Wildman–Crippen MR) is 102 cm³/mol. The fourth-order valence-corrected chi connectivity index (χ4v) is 2.55. The van der Waals surface area contributed by atoms with E-state index in [-0.39, 0.29) is 17.5 Å². The molecule has 2 aromatic heterocycles. The summed E-state index contributed by atoms with van der Waals surface area (Å²) in [5.41, 5.74) is 0.951. The number of oxazole rings is 1. The van der Waals surface area contributed by atoms with E-state index in [0.29, 0.717) is 23.8 Å². The van der Waals surface area contributed by atoms with E-state index in [1.807, 2.05) is 12.1 Å². The molecule has 0 spiro atoms. The summed E-state index contributed by atoms with van der Waals surface area (Å²) in [6.07, 6.45) is 5.00. The van der Waals surface area contributed by atoms with Gasteiger partial charge in [-0.2, -0.15) is 10.2 Å². The summed E-state index contributed by atoms with van der Waals surface area (Å²) >= 11 is 0. The van der Waals surface area contributed by atoms with E-state index < -0.39 is 0 Å². The van der Waals surface area contributed by atoms with Crippen molar-refractivity contribution in [3.05, 3.63) is 53.4 Å². The number of nitrogens with one attached hydrogen (secondary N) is 1. The third-order valence-corrected chi connectivity index (χ3v) is 3.86. The highest BCUT2D eigenvalue weighted by atomic mass is 16.5. The standard InChI is InChI=1S/C20H19N3O5/c1-24-16-9-13(10-17(25-2)19(16)26-3)6-7-18-23-15(11-21)20(28-18)22-12-14-5-4-8-27-14/h4-10,22H,12H2,1-3H3/b7-6+. The molecule has 0 aliphatic carbocycles. The Bertz CT molecular complexity index is 975. The van der Waals surface area contributed by atoms with Crippen LogP contribution in [0.3, 0.4) is 0 Å². The zero-order valence-electron chi connectivity index (χ0n) is 15.7. The zero-order chi connectivity index (χ0) is 19.9. The van der Waals surface area contributed by atoms with Crippen LogP contribution in [0.25, 0.3) is 12.2 Å². The fourth-order valence-electron chi connectivity index (χ4n) is 2.55. The first-order valence-electron chi connectivity index (χ1n) is 8.33. The molecule has 0 saturated heterocycles. The van der Waals surface area contributed by atoms with Crippen molar-refractivity contribution in [3.63, 3.8) is 0 Å². The van der Waals surface area contributed by atoms with E-state index in [2.05, 4.69) is 10.3 Å². The second-order valence-corrected chi connectivity index (χ2v) is 5.57. The molecule has 0 saturated carbocycles. The highest BCUT2D eigenvalue weighted by Crippen LogP contribution is 2.38. The third-order valence-electron chi connectivity index (χ3n) is 3.86. The summed E-state index contributed by atoms with van der Waals surface area (Å²) in [5.74, 6) is 2.86. The molecule has 0 amide bonds. The summed E-state index contributed by atoms with van der Waals surface area (Å²) in [7, 11) is 4.65. The Morgan fingerprint density at radius 3 is 2.46 bits per heavy atom. The van der Waals surface area contributed by atoms with Gasteiger partial charge in [0.1, 0.15) is 11.8 Å². The molecular weight excluding hydrogens is 362 g/mol. The average Bonchev–Trinajstić information content (AvgIpc) is 3.39. The van der Waals surface area contributed by atoms with Crippen LogP contribution < -0.4 is 19.5 Å². The lowest BCUT2D eigenvalue weighted by Crippen LogP contribution is -1.98. The summed E-state index contributed by atoms with van der Waals surface area (Å²) in [4.78, 5) is 4.17. The number of hydrogen-bond acceptors (Lipinski definition) is 8. The summed E-state index contributed by atoms with van der Waals surface area (Å²) in [5, 5.41) is 12.3. The Morgan fingerprint density at radius 2 is 1.89 bits per heavy atom. The van der Waals surface area contributed by atoms with Crippen LogP contribution in [0, 0.1) is 11.3 Å². The number of nitriles is 1. The van der Waals surface area contributed by atoms with Crippen LogP contribution in [0.2, 0.25) is 0 Å². The summed E-state index contributed by atoms with van der Waals surface area (Å²) in [6, 6.07) is 9.20. The van der Waals surface area contributed by atoms with Gasteiger partial charge in [0.25, 0.3) is 0 Å². The highest BCUT2D eigenvalue weighted by molar-refractivity contribution is 5.71. The lowest BCUT2D eigenvalue weighted by molar-refractivity contribution is 0.324. The predicted octanol–water partition coefficient (Wildman–Crippen LogP) is 3.95. The summed E-state index contributed by atoms with van der Waals surface area (Å²) in [6.45, 7) is 0.382. The summed E-state index contributed by atoms with van der Waals surface area (Å²) < 4.78 is 26.9. The van der Waals surface area contributed by atoms with Crippen molar-refractivity contribution in [2.45, 2.75) is 6.54 Å². The number of nitrogens with zero attached hydrogens (tertiary/aromatic N) is 2. The molecule has 2 heterocycles. The minimum Gasteiger partial charge on any atom is -0.493 e. The first kappa shape index (κ1) is 18.9. The van der Waals surface area contributed by atoms with Gasteiger partial charge in [0.05, 0.1) is 34.1 Å². The molecule has 0 unspecified atom stereocenters. The van der Waals surface area contributed by atoms with Gasteiger partial charge >= 0.3 is 0 Å². The number of aromatic nitrogens is 1. The SMILES string of the molecule is COc1cc(/C=C/c2nc(C#N)c(NCc3ccco3)o2)cc(OC)c1OC. The fraction of sp³-hybridized carbons (Fsp3) is 0.200. The minimum atomic E-state index is 0.163. The van der Waals surface area contributed by atoms with E-state index in [1.54, 1.807) is 57.9 Å². The molecule has 0 bridgehead atoms. The van der Waals surface area contributed by atoms with Crippen LogP contribution in [-0.2, 0) is 6.54 Å². The molecule has 0 aliphatic rings. The van der Waals surface area contributed by atoms with E-state index >= 15 is 0 Å². The van der Waals surface area contributed by atoms with Gasteiger partial charge in [-0.3, -0.25) is 0 Å². The van der Waals surface area contributed by atoms with Gasteiger partial charge in [-0.15, -0.1) is 0 Å². The maximum atomic E-state index is 9.26. The molecule has 0 aliphatic heterocycles. The van der Waals surface area contributed by atoms with Gasteiger partial charge in [-0.05, 0) is 35.9 Å². The van der Waals surface area contributed by atoms with Gasteiger partial charge in [0.15, 0.2) is 11.5 Å². The van der Waals surface area contributed by atoms with E-state index in [1.165, 1.54) is 0 Å². The van der Waals surface area contributed by atoms with Crippen LogP contribution in [0.4, 0.5) is 5.88 Å². The third kappa shape index (κ3) is 4.10. The maximum absolute atomic E-state index is 9.26. The first-order chi connectivity index (χ1) is 13.7. The lowest BCUT2D eigenvalue weighted by atomic mass is 10.1. The lowest BCUT2D eigenvalue weighted by Gasteiger charge is -2.12. The quantitative estimate of drug-likeness (QED) is 0.626. The second-order valence-electron chi connectivity index (χ2n) is 5.57. The Hall–Kier alpha value is -3.86. The smallest absolute Gasteiger partial charge is 0.232 e. The maximum Gasteiger partial charge on any atom is 0.232 e. The van der Waals surface area contributed by atoms with Crippen molar-refractivity contribution < 1.29 is 23.0 Å². The molecule has 0 atom stereocenters. The van der Waals surface area contributed by atoms with Crippen LogP contribution in [0.5, 0.6) is 17.2 Å². The molecule has 3 rings (SSSR count). The van der Waals surface area contributed by atoms with Crippen LogP contribution in [-0.4, -0.2) is 26.3 Å². The Kier molecular flexibility index (Phi) is 5.87. The van der Waals surface area contributed by atoms with Crippen molar-refractivity contribution in [1.29, 1.82) is 5.26 Å². The average molecular weight is 381 g/mol. The first-order valence-corrected chi connectivity index (χ1v) is 8.33. The van der Waals surface area contributed by atoms with Crippen molar-refractivity contribution in [1.82, 2.24) is 4.98 Å². The molecule has 0 fully saturated rings. The molecule has 8 heteroatoms. The number of methoxy groups -OCH3 is 3. The van der Waals surface area contributed by atoms with Crippen LogP contribution in [0.15, 0.2) is 39.4 Å².